The molecule has 33 heavy (non-hydrogen) atoms. The van der Waals surface area contributed by atoms with Gasteiger partial charge in [0.1, 0.15) is 5.56 Å². The number of carbonyl (C=O) groups is 2. The standard InChI is InChI=1S/C22H30F3N5O3/c1-21(2)12-14-16(22(23,24)25)19(32)27-26-17(14)18(21)28(3)7-6-15(31)29-8-10-30(11-9-29)20(33)13-4-5-13/h13,18H,4-12H2,1-3H3,(H,27,32). The minimum absolute atomic E-state index is 0.0400. The Labute approximate surface area is 190 Å². The van der Waals surface area contributed by atoms with Gasteiger partial charge in [0, 0.05) is 45.1 Å². The van der Waals surface area contributed by atoms with Gasteiger partial charge in [0.05, 0.1) is 11.7 Å². The first-order chi connectivity index (χ1) is 15.4. The predicted molar refractivity (Wildman–Crippen MR) is 113 cm³/mol. The van der Waals surface area contributed by atoms with Crippen LogP contribution in [0.15, 0.2) is 4.79 Å². The van der Waals surface area contributed by atoms with E-state index in [1.807, 2.05) is 28.7 Å². The van der Waals surface area contributed by atoms with Crippen molar-refractivity contribution < 1.29 is 22.8 Å². The molecule has 11 heteroatoms. The van der Waals surface area contributed by atoms with Crippen LogP contribution >= 0.6 is 0 Å². The van der Waals surface area contributed by atoms with Gasteiger partial charge in [0.2, 0.25) is 11.8 Å². The Morgan fingerprint density at radius 3 is 2.33 bits per heavy atom. The summed E-state index contributed by atoms with van der Waals surface area (Å²) >= 11 is 0. The molecule has 0 bridgehead atoms. The van der Waals surface area contributed by atoms with Crippen molar-refractivity contribution >= 4 is 11.8 Å². The highest BCUT2D eigenvalue weighted by Gasteiger charge is 2.49. The van der Waals surface area contributed by atoms with Crippen LogP contribution in [0.3, 0.4) is 0 Å². The first kappa shape index (κ1) is 23.7. The molecule has 2 aliphatic carbocycles. The Morgan fingerprint density at radius 2 is 1.76 bits per heavy atom. The third kappa shape index (κ3) is 4.64. The fourth-order valence-electron chi connectivity index (χ4n) is 5.26. The van der Waals surface area contributed by atoms with E-state index in [4.69, 9.17) is 0 Å². The van der Waals surface area contributed by atoms with Crippen LogP contribution in [0.5, 0.6) is 0 Å². The van der Waals surface area contributed by atoms with Gasteiger partial charge >= 0.3 is 6.18 Å². The van der Waals surface area contributed by atoms with E-state index in [-0.39, 0.29) is 41.8 Å². The molecule has 2 amide bonds. The monoisotopic (exact) mass is 469 g/mol. The summed E-state index contributed by atoms with van der Waals surface area (Å²) in [7, 11) is 1.76. The van der Waals surface area contributed by atoms with Gasteiger partial charge in [-0.3, -0.25) is 19.3 Å². The molecule has 1 N–H and O–H groups in total. The van der Waals surface area contributed by atoms with E-state index in [2.05, 4.69) is 5.10 Å². The van der Waals surface area contributed by atoms with E-state index >= 15 is 0 Å². The summed E-state index contributed by atoms with van der Waals surface area (Å²) in [6.07, 6.45) is -2.56. The molecule has 2 heterocycles. The number of fused-ring (bicyclic) bond motifs is 1. The minimum Gasteiger partial charge on any atom is -0.339 e. The number of halogens is 3. The van der Waals surface area contributed by atoms with Gasteiger partial charge in [-0.1, -0.05) is 13.8 Å². The summed E-state index contributed by atoms with van der Waals surface area (Å²) < 4.78 is 40.6. The van der Waals surface area contributed by atoms with Crippen molar-refractivity contribution in [3.05, 3.63) is 27.2 Å². The number of hydrogen-bond acceptors (Lipinski definition) is 5. The smallest absolute Gasteiger partial charge is 0.339 e. The molecule has 4 rings (SSSR count). The molecule has 3 aliphatic rings. The number of hydrogen-bond donors (Lipinski definition) is 1. The van der Waals surface area contributed by atoms with Gasteiger partial charge in [-0.15, -0.1) is 0 Å². The highest BCUT2D eigenvalue weighted by molar-refractivity contribution is 5.81. The number of rotatable bonds is 5. The fourth-order valence-corrected chi connectivity index (χ4v) is 5.26. The zero-order valence-electron chi connectivity index (χ0n) is 19.2. The lowest BCUT2D eigenvalue weighted by Crippen LogP contribution is -2.51. The first-order valence-electron chi connectivity index (χ1n) is 11.4. The number of amides is 2. The molecule has 1 unspecified atom stereocenters. The maximum atomic E-state index is 13.5. The van der Waals surface area contributed by atoms with Crippen LogP contribution in [-0.4, -0.2) is 76.5 Å². The summed E-state index contributed by atoms with van der Waals surface area (Å²) in [5.74, 6) is 0.314. The van der Waals surface area contributed by atoms with E-state index in [9.17, 15) is 27.6 Å². The third-order valence-corrected chi connectivity index (χ3v) is 7.02. The van der Waals surface area contributed by atoms with Crippen molar-refractivity contribution in [2.24, 2.45) is 11.3 Å². The third-order valence-electron chi connectivity index (χ3n) is 7.02. The lowest BCUT2D eigenvalue weighted by molar-refractivity contribution is -0.140. The van der Waals surface area contributed by atoms with Crippen molar-refractivity contribution in [2.75, 3.05) is 39.8 Å². The Morgan fingerprint density at radius 1 is 1.15 bits per heavy atom. The topological polar surface area (TPSA) is 89.6 Å². The quantitative estimate of drug-likeness (QED) is 0.711. The molecular weight excluding hydrogens is 439 g/mol. The van der Waals surface area contributed by atoms with E-state index in [1.165, 1.54) is 0 Å². The van der Waals surface area contributed by atoms with Gasteiger partial charge < -0.3 is 9.80 Å². The zero-order valence-corrected chi connectivity index (χ0v) is 19.2. The molecule has 0 radical (unpaired) electrons. The molecule has 1 saturated heterocycles. The van der Waals surface area contributed by atoms with Crippen LogP contribution < -0.4 is 5.56 Å². The second kappa shape index (κ2) is 8.41. The number of H-pyrrole nitrogens is 1. The lowest BCUT2D eigenvalue weighted by Gasteiger charge is -2.37. The molecular formula is C22H30F3N5O3. The van der Waals surface area contributed by atoms with Crippen LogP contribution in [0.4, 0.5) is 13.2 Å². The first-order valence-corrected chi connectivity index (χ1v) is 11.4. The van der Waals surface area contributed by atoms with Crippen LogP contribution in [0.2, 0.25) is 0 Å². The SMILES string of the molecule is CN(CCC(=O)N1CCN(C(=O)C2CC2)CC1)C1c2n[nH]c(=O)c(C(F)(F)F)c2CC1(C)C. The predicted octanol–water partition coefficient (Wildman–Crippen LogP) is 1.81. The van der Waals surface area contributed by atoms with E-state index < -0.39 is 28.8 Å². The number of aromatic amines is 1. The molecule has 1 saturated carbocycles. The van der Waals surface area contributed by atoms with Crippen molar-refractivity contribution in [3.8, 4) is 0 Å². The highest BCUT2D eigenvalue weighted by atomic mass is 19.4. The Balaban J connectivity index is 1.40. The maximum Gasteiger partial charge on any atom is 0.422 e. The average Bonchev–Trinajstić information content (AvgIpc) is 3.53. The minimum atomic E-state index is -4.76. The number of piperazine rings is 1. The molecule has 0 spiro atoms. The maximum absolute atomic E-state index is 13.5. The van der Waals surface area contributed by atoms with Gasteiger partial charge in [-0.2, -0.15) is 18.3 Å². The van der Waals surface area contributed by atoms with Crippen LogP contribution in [-0.2, 0) is 22.2 Å². The summed E-state index contributed by atoms with van der Waals surface area (Å²) in [6.45, 7) is 6.11. The lowest BCUT2D eigenvalue weighted by atomic mass is 9.85. The van der Waals surface area contributed by atoms with E-state index in [1.54, 1.807) is 11.9 Å². The largest absolute Gasteiger partial charge is 0.422 e. The molecule has 1 aliphatic heterocycles. The normalized spacial score (nSPS) is 22.6. The van der Waals surface area contributed by atoms with Crippen molar-refractivity contribution in [2.45, 2.75) is 51.7 Å². The molecule has 1 aromatic heterocycles. The summed E-state index contributed by atoms with van der Waals surface area (Å²) in [5.41, 5.74) is -2.84. The highest BCUT2D eigenvalue weighted by Crippen LogP contribution is 2.49. The number of nitrogens with one attached hydrogen (secondary N) is 1. The van der Waals surface area contributed by atoms with Crippen molar-refractivity contribution in [1.29, 1.82) is 0 Å². The Hall–Kier alpha value is -2.43. The van der Waals surface area contributed by atoms with E-state index in [0.29, 0.717) is 32.7 Å². The summed E-state index contributed by atoms with van der Waals surface area (Å²) in [5, 5.41) is 5.99. The molecule has 0 aromatic carbocycles. The average molecular weight is 470 g/mol. The number of carbonyl (C=O) groups excluding carboxylic acids is 2. The molecule has 182 valence electrons. The second-order valence-corrected chi connectivity index (χ2v) is 10.1. The summed E-state index contributed by atoms with van der Waals surface area (Å²) in [4.78, 5) is 42.3. The van der Waals surface area contributed by atoms with Gasteiger partial charge in [0.15, 0.2) is 0 Å². The molecule has 8 nitrogen and oxygen atoms in total. The molecule has 1 aromatic rings. The van der Waals surface area contributed by atoms with Crippen LogP contribution in [0, 0.1) is 11.3 Å². The van der Waals surface area contributed by atoms with E-state index in [0.717, 1.165) is 12.8 Å². The van der Waals surface area contributed by atoms with Gasteiger partial charge in [-0.05, 0) is 37.3 Å². The number of alkyl halides is 3. The summed E-state index contributed by atoms with van der Waals surface area (Å²) in [6, 6.07) is -0.466. The molecule has 1 atom stereocenters. The number of nitrogens with zero attached hydrogens (tertiary/aromatic N) is 4. The molecule has 2 fully saturated rings. The van der Waals surface area contributed by atoms with Crippen LogP contribution in [0.1, 0.15) is 56.0 Å². The van der Waals surface area contributed by atoms with Crippen LogP contribution in [0.25, 0.3) is 0 Å². The second-order valence-electron chi connectivity index (χ2n) is 10.1. The zero-order chi connectivity index (χ0) is 24.1. The Bertz CT molecular complexity index is 994. The van der Waals surface area contributed by atoms with Gasteiger partial charge in [-0.25, -0.2) is 5.10 Å². The Kier molecular flexibility index (Phi) is 6.05. The number of aromatic nitrogens is 2. The van der Waals surface area contributed by atoms with Crippen molar-refractivity contribution in [3.63, 3.8) is 0 Å². The fraction of sp³-hybridized carbons (Fsp3) is 0.727. The van der Waals surface area contributed by atoms with Gasteiger partial charge in [0.25, 0.3) is 5.56 Å². The van der Waals surface area contributed by atoms with Crippen molar-refractivity contribution in [1.82, 2.24) is 24.9 Å².